The molecule has 4 heteroatoms. The average molecular weight is 212 g/mol. The zero-order valence-electron chi connectivity index (χ0n) is 9.75. The zero-order valence-corrected chi connectivity index (χ0v) is 9.75. The summed E-state index contributed by atoms with van der Waals surface area (Å²) >= 11 is 0. The number of likely N-dealkylation sites (tertiary alicyclic amines) is 1. The van der Waals surface area contributed by atoms with E-state index in [0.717, 1.165) is 26.2 Å². The molecule has 2 heterocycles. The lowest BCUT2D eigenvalue weighted by molar-refractivity contribution is -0.150. The van der Waals surface area contributed by atoms with E-state index in [0.29, 0.717) is 11.8 Å². The van der Waals surface area contributed by atoms with Crippen molar-refractivity contribution in [1.82, 2.24) is 10.2 Å². The Morgan fingerprint density at radius 1 is 1.33 bits per heavy atom. The molecule has 0 bridgehead atoms. The molecule has 2 aliphatic heterocycles. The predicted molar refractivity (Wildman–Crippen MR) is 57.5 cm³/mol. The van der Waals surface area contributed by atoms with Crippen molar-refractivity contribution < 1.29 is 9.53 Å². The molecule has 15 heavy (non-hydrogen) atoms. The maximum absolute atomic E-state index is 12.1. The second-order valence-corrected chi connectivity index (χ2v) is 5.10. The van der Waals surface area contributed by atoms with Crippen molar-refractivity contribution in [2.45, 2.75) is 19.4 Å². The molecular weight excluding hydrogens is 192 g/mol. The van der Waals surface area contributed by atoms with Crippen molar-refractivity contribution in [2.75, 3.05) is 33.3 Å². The van der Waals surface area contributed by atoms with Gasteiger partial charge in [-0.25, -0.2) is 0 Å². The first-order chi connectivity index (χ1) is 7.04. The number of hydrogen-bond donors (Lipinski definition) is 1. The molecule has 4 nitrogen and oxygen atoms in total. The van der Waals surface area contributed by atoms with Crippen LogP contribution >= 0.6 is 0 Å². The summed E-state index contributed by atoms with van der Waals surface area (Å²) in [6.45, 7) is 7.57. The van der Waals surface area contributed by atoms with Crippen molar-refractivity contribution in [3.8, 4) is 0 Å². The number of nitrogens with one attached hydrogen (secondary N) is 1. The van der Waals surface area contributed by atoms with Crippen molar-refractivity contribution in [3.63, 3.8) is 0 Å². The van der Waals surface area contributed by atoms with Gasteiger partial charge < -0.3 is 15.0 Å². The summed E-state index contributed by atoms with van der Waals surface area (Å²) in [5.41, 5.74) is -0.675. The van der Waals surface area contributed by atoms with E-state index in [9.17, 15) is 4.79 Å². The summed E-state index contributed by atoms with van der Waals surface area (Å²) in [5.74, 6) is 1.43. The lowest BCUT2D eigenvalue weighted by Gasteiger charge is -2.28. The molecule has 0 spiro atoms. The van der Waals surface area contributed by atoms with Gasteiger partial charge in [-0.1, -0.05) is 0 Å². The Bertz CT molecular complexity index is 253. The highest BCUT2D eigenvalue weighted by atomic mass is 16.5. The van der Waals surface area contributed by atoms with Gasteiger partial charge >= 0.3 is 0 Å². The first-order valence-electron chi connectivity index (χ1n) is 5.60. The Morgan fingerprint density at radius 3 is 2.33 bits per heavy atom. The molecule has 2 unspecified atom stereocenters. The second-order valence-electron chi connectivity index (χ2n) is 5.10. The third-order valence-corrected chi connectivity index (χ3v) is 3.70. The molecule has 0 aromatic rings. The van der Waals surface area contributed by atoms with Crippen molar-refractivity contribution >= 4 is 5.91 Å². The predicted octanol–water partition coefficient (Wildman–Crippen LogP) is 0.0892. The summed E-state index contributed by atoms with van der Waals surface area (Å²) in [4.78, 5) is 14.1. The van der Waals surface area contributed by atoms with Crippen LogP contribution in [0.2, 0.25) is 0 Å². The molecule has 2 saturated heterocycles. The van der Waals surface area contributed by atoms with Gasteiger partial charge in [0.25, 0.3) is 5.91 Å². The quantitative estimate of drug-likeness (QED) is 0.705. The highest BCUT2D eigenvalue weighted by Crippen LogP contribution is 2.28. The number of methoxy groups -OCH3 is 1. The minimum atomic E-state index is -0.675. The van der Waals surface area contributed by atoms with E-state index in [2.05, 4.69) is 5.32 Å². The number of nitrogens with zero attached hydrogens (tertiary/aromatic N) is 1. The summed E-state index contributed by atoms with van der Waals surface area (Å²) < 4.78 is 5.23. The molecule has 0 aromatic carbocycles. The van der Waals surface area contributed by atoms with E-state index in [1.54, 1.807) is 7.11 Å². The van der Waals surface area contributed by atoms with E-state index in [1.807, 2.05) is 18.7 Å². The molecule has 0 aliphatic carbocycles. The molecule has 2 fully saturated rings. The van der Waals surface area contributed by atoms with Crippen LogP contribution in [0.3, 0.4) is 0 Å². The molecular formula is C11H20N2O2. The van der Waals surface area contributed by atoms with Crippen LogP contribution in [0.25, 0.3) is 0 Å². The molecule has 0 saturated carbocycles. The van der Waals surface area contributed by atoms with Crippen LogP contribution in [0.4, 0.5) is 0 Å². The highest BCUT2D eigenvalue weighted by Gasteiger charge is 2.42. The third-order valence-electron chi connectivity index (χ3n) is 3.70. The molecule has 2 rings (SSSR count). The number of carbonyl (C=O) groups is 1. The minimum absolute atomic E-state index is 0.124. The van der Waals surface area contributed by atoms with E-state index >= 15 is 0 Å². The lowest BCUT2D eigenvalue weighted by Crippen LogP contribution is -2.46. The average Bonchev–Trinajstić information content (AvgIpc) is 2.75. The molecule has 2 aliphatic rings. The molecule has 0 radical (unpaired) electrons. The topological polar surface area (TPSA) is 41.6 Å². The third kappa shape index (κ3) is 1.88. The summed E-state index contributed by atoms with van der Waals surface area (Å²) in [5, 5.41) is 3.37. The molecule has 86 valence electrons. The summed E-state index contributed by atoms with van der Waals surface area (Å²) in [6, 6.07) is 0. The van der Waals surface area contributed by atoms with Crippen LogP contribution in [0.15, 0.2) is 0 Å². The van der Waals surface area contributed by atoms with Crippen LogP contribution < -0.4 is 5.32 Å². The number of ether oxygens (including phenoxy) is 1. The van der Waals surface area contributed by atoms with E-state index in [1.165, 1.54) is 0 Å². The Morgan fingerprint density at radius 2 is 1.87 bits per heavy atom. The van der Waals surface area contributed by atoms with Crippen LogP contribution in [0.1, 0.15) is 13.8 Å². The smallest absolute Gasteiger partial charge is 0.254 e. The Labute approximate surface area is 91.0 Å². The number of fused-ring (bicyclic) bond motifs is 1. The van der Waals surface area contributed by atoms with Crippen LogP contribution in [0, 0.1) is 11.8 Å². The van der Waals surface area contributed by atoms with Gasteiger partial charge in [0.15, 0.2) is 0 Å². The molecule has 0 aromatic heterocycles. The zero-order chi connectivity index (χ0) is 11.1. The fraction of sp³-hybridized carbons (Fsp3) is 0.909. The SMILES string of the molecule is COC(C)(C)C(=O)N1CC2CNCC2C1. The molecule has 1 N–H and O–H groups in total. The monoisotopic (exact) mass is 212 g/mol. The van der Waals surface area contributed by atoms with Crippen molar-refractivity contribution in [2.24, 2.45) is 11.8 Å². The second kappa shape index (κ2) is 3.76. The standard InChI is InChI=1S/C11H20N2O2/c1-11(2,15-3)10(14)13-6-8-4-12-5-9(8)7-13/h8-9,12H,4-7H2,1-3H3. The fourth-order valence-electron chi connectivity index (χ4n) is 2.49. The fourth-order valence-corrected chi connectivity index (χ4v) is 2.49. The number of rotatable bonds is 2. The van der Waals surface area contributed by atoms with Crippen LogP contribution in [-0.4, -0.2) is 49.7 Å². The van der Waals surface area contributed by atoms with E-state index in [-0.39, 0.29) is 5.91 Å². The van der Waals surface area contributed by atoms with Crippen LogP contribution in [-0.2, 0) is 9.53 Å². The summed E-state index contributed by atoms with van der Waals surface area (Å²) in [6.07, 6.45) is 0. The number of carbonyl (C=O) groups excluding carboxylic acids is 1. The van der Waals surface area contributed by atoms with Gasteiger partial charge in [-0.15, -0.1) is 0 Å². The van der Waals surface area contributed by atoms with Gasteiger partial charge in [-0.05, 0) is 25.7 Å². The van der Waals surface area contributed by atoms with Crippen molar-refractivity contribution in [3.05, 3.63) is 0 Å². The first-order valence-corrected chi connectivity index (χ1v) is 5.60. The Kier molecular flexibility index (Phi) is 2.73. The van der Waals surface area contributed by atoms with E-state index < -0.39 is 5.60 Å². The van der Waals surface area contributed by atoms with Gasteiger partial charge in [-0.3, -0.25) is 4.79 Å². The maximum Gasteiger partial charge on any atom is 0.254 e. The number of hydrogen-bond acceptors (Lipinski definition) is 3. The number of amides is 1. The van der Waals surface area contributed by atoms with Gasteiger partial charge in [0.1, 0.15) is 5.60 Å². The molecule has 2 atom stereocenters. The van der Waals surface area contributed by atoms with Crippen LogP contribution in [0.5, 0.6) is 0 Å². The van der Waals surface area contributed by atoms with Gasteiger partial charge in [-0.2, -0.15) is 0 Å². The highest BCUT2D eigenvalue weighted by molar-refractivity contribution is 5.84. The van der Waals surface area contributed by atoms with Gasteiger partial charge in [0, 0.05) is 33.3 Å². The van der Waals surface area contributed by atoms with Crippen molar-refractivity contribution in [1.29, 1.82) is 0 Å². The first kappa shape index (κ1) is 10.9. The van der Waals surface area contributed by atoms with Gasteiger partial charge in [0.05, 0.1) is 0 Å². The Balaban J connectivity index is 1.99. The largest absolute Gasteiger partial charge is 0.369 e. The lowest BCUT2D eigenvalue weighted by atomic mass is 10.0. The summed E-state index contributed by atoms with van der Waals surface area (Å²) in [7, 11) is 1.59. The molecule has 1 amide bonds. The minimum Gasteiger partial charge on any atom is -0.369 e. The Hall–Kier alpha value is -0.610. The van der Waals surface area contributed by atoms with Gasteiger partial charge in [0.2, 0.25) is 0 Å². The maximum atomic E-state index is 12.1. The van der Waals surface area contributed by atoms with E-state index in [4.69, 9.17) is 4.74 Å². The normalized spacial score (nSPS) is 30.7.